The molecule has 0 aliphatic carbocycles. The standard InChI is InChI=1S/C25H46O8/c1-3-4-5-6-7-8-9-10-11-12-13-14-15-16-17-25(20(28)18-26)22(21(29)23(30)33-25)32-24(2,31)19-27/h20,26-29,31H,3-19H2,1-2H3/t20-,24?,25+/m0/s1. The molecule has 1 heterocycles. The van der Waals surface area contributed by atoms with Gasteiger partial charge in [0.25, 0.3) is 0 Å². The minimum Gasteiger partial charge on any atom is -0.499 e. The van der Waals surface area contributed by atoms with Gasteiger partial charge in [0, 0.05) is 6.92 Å². The minimum absolute atomic E-state index is 0.111. The lowest BCUT2D eigenvalue weighted by Crippen LogP contribution is -2.49. The fraction of sp³-hybridized carbons (Fsp3) is 0.880. The molecule has 0 fully saturated rings. The molecule has 8 nitrogen and oxygen atoms in total. The molecule has 5 N–H and O–H groups in total. The average Bonchev–Trinajstić information content (AvgIpc) is 3.03. The van der Waals surface area contributed by atoms with Gasteiger partial charge in [-0.25, -0.2) is 4.79 Å². The van der Waals surface area contributed by atoms with Crippen molar-refractivity contribution in [3.8, 4) is 0 Å². The van der Waals surface area contributed by atoms with Crippen LogP contribution in [-0.2, 0) is 14.3 Å². The van der Waals surface area contributed by atoms with Gasteiger partial charge in [0.05, 0.1) is 6.61 Å². The molecule has 0 saturated carbocycles. The van der Waals surface area contributed by atoms with Gasteiger partial charge in [0.15, 0.2) is 5.76 Å². The molecule has 0 spiro atoms. The van der Waals surface area contributed by atoms with Gasteiger partial charge in [-0.2, -0.15) is 0 Å². The number of aliphatic hydroxyl groups is 5. The summed E-state index contributed by atoms with van der Waals surface area (Å²) in [7, 11) is 0. The number of esters is 1. The molecule has 1 unspecified atom stereocenters. The second kappa shape index (κ2) is 15.5. The Morgan fingerprint density at radius 2 is 1.36 bits per heavy atom. The van der Waals surface area contributed by atoms with Crippen LogP contribution in [-0.4, -0.2) is 62.2 Å². The highest BCUT2D eigenvalue weighted by Gasteiger charge is 2.56. The zero-order valence-electron chi connectivity index (χ0n) is 20.6. The maximum Gasteiger partial charge on any atom is 0.378 e. The summed E-state index contributed by atoms with van der Waals surface area (Å²) in [6.07, 6.45) is 15.0. The number of rotatable bonds is 20. The van der Waals surface area contributed by atoms with E-state index < -0.39 is 48.2 Å². The Morgan fingerprint density at radius 3 is 1.79 bits per heavy atom. The first kappa shape index (κ1) is 29.7. The van der Waals surface area contributed by atoms with E-state index in [-0.39, 0.29) is 6.42 Å². The predicted molar refractivity (Wildman–Crippen MR) is 125 cm³/mol. The molecule has 0 radical (unpaired) electrons. The molecule has 1 aliphatic heterocycles. The molecule has 0 aromatic rings. The zero-order valence-corrected chi connectivity index (χ0v) is 20.6. The maximum absolute atomic E-state index is 12.0. The fourth-order valence-corrected chi connectivity index (χ4v) is 4.22. The molecule has 194 valence electrons. The molecule has 1 aliphatic rings. The highest BCUT2D eigenvalue weighted by molar-refractivity contribution is 5.90. The van der Waals surface area contributed by atoms with Gasteiger partial charge in [-0.05, 0) is 12.8 Å². The van der Waals surface area contributed by atoms with E-state index in [0.717, 1.165) is 26.2 Å². The van der Waals surface area contributed by atoms with Gasteiger partial charge in [-0.15, -0.1) is 0 Å². The molecule has 1 rings (SSSR count). The molecular formula is C25H46O8. The molecule has 3 atom stereocenters. The first-order chi connectivity index (χ1) is 15.7. The lowest BCUT2D eigenvalue weighted by molar-refractivity contribution is -0.216. The lowest BCUT2D eigenvalue weighted by atomic mass is 9.88. The summed E-state index contributed by atoms with van der Waals surface area (Å²) in [5.74, 6) is -4.52. The first-order valence-electron chi connectivity index (χ1n) is 12.7. The van der Waals surface area contributed by atoms with Crippen molar-refractivity contribution in [1.29, 1.82) is 0 Å². The second-order valence-corrected chi connectivity index (χ2v) is 9.44. The summed E-state index contributed by atoms with van der Waals surface area (Å²) in [4.78, 5) is 12.0. The molecule has 0 amide bonds. The smallest absolute Gasteiger partial charge is 0.378 e. The van der Waals surface area contributed by atoms with Crippen LogP contribution in [0.25, 0.3) is 0 Å². The number of carbonyl (C=O) groups is 1. The Labute approximate surface area is 198 Å². The maximum atomic E-state index is 12.0. The number of carbonyl (C=O) groups excluding carboxylic acids is 1. The second-order valence-electron chi connectivity index (χ2n) is 9.44. The molecule has 33 heavy (non-hydrogen) atoms. The highest BCUT2D eigenvalue weighted by Crippen LogP contribution is 2.41. The quantitative estimate of drug-likeness (QED) is 0.101. The highest BCUT2D eigenvalue weighted by atomic mass is 16.7. The monoisotopic (exact) mass is 474 g/mol. The third-order valence-corrected chi connectivity index (χ3v) is 6.30. The molecule has 8 heteroatoms. The number of ether oxygens (including phenoxy) is 2. The largest absolute Gasteiger partial charge is 0.499 e. The summed E-state index contributed by atoms with van der Waals surface area (Å²) in [6, 6.07) is 0. The normalized spacial score (nSPS) is 21.2. The first-order valence-corrected chi connectivity index (χ1v) is 12.7. The molecule has 0 aromatic heterocycles. The van der Waals surface area contributed by atoms with E-state index in [9.17, 15) is 30.3 Å². The van der Waals surface area contributed by atoms with Crippen molar-refractivity contribution in [1.82, 2.24) is 0 Å². The van der Waals surface area contributed by atoms with Crippen molar-refractivity contribution in [2.24, 2.45) is 0 Å². The van der Waals surface area contributed by atoms with Gasteiger partial charge in [0.2, 0.25) is 17.1 Å². The van der Waals surface area contributed by atoms with Crippen LogP contribution in [0.2, 0.25) is 0 Å². The van der Waals surface area contributed by atoms with Crippen LogP contribution < -0.4 is 0 Å². The molecular weight excluding hydrogens is 428 g/mol. The Kier molecular flexibility index (Phi) is 14.0. The van der Waals surface area contributed by atoms with Crippen molar-refractivity contribution in [3.63, 3.8) is 0 Å². The number of hydrogen-bond acceptors (Lipinski definition) is 8. The van der Waals surface area contributed by atoms with Gasteiger partial charge < -0.3 is 35.0 Å². The number of aliphatic hydroxyl groups excluding tert-OH is 4. The summed E-state index contributed by atoms with van der Waals surface area (Å²) in [5, 5.41) is 49.3. The lowest BCUT2D eigenvalue weighted by Gasteiger charge is -2.36. The number of hydrogen-bond donors (Lipinski definition) is 5. The third kappa shape index (κ3) is 9.81. The average molecular weight is 475 g/mol. The van der Waals surface area contributed by atoms with Crippen LogP contribution in [0.5, 0.6) is 0 Å². The summed E-state index contributed by atoms with van der Waals surface area (Å²) >= 11 is 0. The van der Waals surface area contributed by atoms with Crippen LogP contribution in [0, 0.1) is 0 Å². The number of cyclic esters (lactones) is 1. The SMILES string of the molecule is CCCCCCCCCCCCCCCC[C@]1([C@@H](O)CO)OC(=O)C(O)=C1OC(C)(O)CO. The Morgan fingerprint density at radius 1 is 0.909 bits per heavy atom. The predicted octanol–water partition coefficient (Wildman–Crippen LogP) is 3.99. The zero-order chi connectivity index (χ0) is 24.7. The van der Waals surface area contributed by atoms with E-state index in [2.05, 4.69) is 6.92 Å². The van der Waals surface area contributed by atoms with Gasteiger partial charge in [-0.3, -0.25) is 0 Å². The van der Waals surface area contributed by atoms with Gasteiger partial charge in [0.1, 0.15) is 12.7 Å². The van der Waals surface area contributed by atoms with E-state index in [1.54, 1.807) is 0 Å². The van der Waals surface area contributed by atoms with Crippen molar-refractivity contribution >= 4 is 5.97 Å². The van der Waals surface area contributed by atoms with E-state index in [0.29, 0.717) is 6.42 Å². The van der Waals surface area contributed by atoms with Crippen LogP contribution in [0.3, 0.4) is 0 Å². The van der Waals surface area contributed by atoms with Crippen LogP contribution in [0.1, 0.15) is 110 Å². The van der Waals surface area contributed by atoms with Crippen molar-refractivity contribution in [2.45, 2.75) is 128 Å². The Balaban J connectivity index is 2.39. The van der Waals surface area contributed by atoms with E-state index >= 15 is 0 Å². The number of unbranched alkanes of at least 4 members (excludes halogenated alkanes) is 13. The van der Waals surface area contributed by atoms with Crippen molar-refractivity contribution < 1.29 is 39.8 Å². The summed E-state index contributed by atoms with van der Waals surface area (Å²) in [5.41, 5.74) is -1.80. The van der Waals surface area contributed by atoms with Gasteiger partial charge >= 0.3 is 5.97 Å². The van der Waals surface area contributed by atoms with Crippen LogP contribution >= 0.6 is 0 Å². The van der Waals surface area contributed by atoms with E-state index in [4.69, 9.17) is 9.47 Å². The molecule has 0 bridgehead atoms. The van der Waals surface area contributed by atoms with Crippen molar-refractivity contribution in [2.75, 3.05) is 13.2 Å². The Bertz CT molecular complexity index is 589. The van der Waals surface area contributed by atoms with Crippen molar-refractivity contribution in [3.05, 3.63) is 11.5 Å². The van der Waals surface area contributed by atoms with E-state index in [1.165, 1.54) is 64.2 Å². The minimum atomic E-state index is -2.09. The molecule has 0 saturated heterocycles. The van der Waals surface area contributed by atoms with E-state index in [1.807, 2.05) is 0 Å². The third-order valence-electron chi connectivity index (χ3n) is 6.30. The Hall–Kier alpha value is -1.35. The summed E-state index contributed by atoms with van der Waals surface area (Å²) < 4.78 is 10.5. The van der Waals surface area contributed by atoms with Gasteiger partial charge in [-0.1, -0.05) is 90.4 Å². The van der Waals surface area contributed by atoms with Crippen LogP contribution in [0.4, 0.5) is 0 Å². The molecule has 0 aromatic carbocycles. The van der Waals surface area contributed by atoms with Crippen LogP contribution in [0.15, 0.2) is 11.5 Å². The topological polar surface area (TPSA) is 137 Å². The summed E-state index contributed by atoms with van der Waals surface area (Å²) in [6.45, 7) is 1.85. The fourth-order valence-electron chi connectivity index (χ4n) is 4.22.